The third-order valence-corrected chi connectivity index (χ3v) is 3.85. The van der Waals surface area contributed by atoms with Crippen LogP contribution >= 0.6 is 0 Å². The predicted octanol–water partition coefficient (Wildman–Crippen LogP) is 3.66. The van der Waals surface area contributed by atoms with Gasteiger partial charge in [0.1, 0.15) is 0 Å². The van der Waals surface area contributed by atoms with Crippen molar-refractivity contribution in [2.75, 3.05) is 0 Å². The molecule has 0 radical (unpaired) electrons. The minimum Gasteiger partial charge on any atom is -0.423 e. The fourth-order valence-electron chi connectivity index (χ4n) is 2.31. The molecule has 0 aliphatic rings. The number of rotatable bonds is 6. The van der Waals surface area contributed by atoms with Gasteiger partial charge in [-0.1, -0.05) is 57.5 Å². The lowest BCUT2D eigenvalue weighted by Crippen LogP contribution is -2.11. The number of benzene rings is 1. The highest BCUT2D eigenvalue weighted by molar-refractivity contribution is 5.25. The van der Waals surface area contributed by atoms with Crippen LogP contribution in [-0.4, -0.2) is 10.2 Å². The van der Waals surface area contributed by atoms with Crippen molar-refractivity contribution in [3.05, 3.63) is 47.7 Å². The zero-order chi connectivity index (χ0) is 14.5. The molecule has 0 bridgehead atoms. The van der Waals surface area contributed by atoms with Gasteiger partial charge in [-0.2, -0.15) is 0 Å². The number of hydrogen-bond donors (Lipinski definition) is 1. The molecule has 1 aromatic heterocycles. The maximum Gasteiger partial charge on any atom is 0.233 e. The predicted molar refractivity (Wildman–Crippen MR) is 79.3 cm³/mol. The lowest BCUT2D eigenvalue weighted by Gasteiger charge is -2.19. The first-order valence-corrected chi connectivity index (χ1v) is 7.31. The molecule has 2 N–H and O–H groups in total. The van der Waals surface area contributed by atoms with Gasteiger partial charge in [0.15, 0.2) is 0 Å². The van der Waals surface area contributed by atoms with Crippen LogP contribution in [0.25, 0.3) is 0 Å². The molecule has 0 aliphatic carbocycles. The van der Waals surface area contributed by atoms with Crippen molar-refractivity contribution >= 4 is 0 Å². The molecule has 3 unspecified atom stereocenters. The molecule has 0 fully saturated rings. The van der Waals surface area contributed by atoms with Gasteiger partial charge in [0, 0.05) is 0 Å². The molecule has 4 nitrogen and oxygen atoms in total. The maximum absolute atomic E-state index is 5.96. The van der Waals surface area contributed by atoms with E-state index in [2.05, 4.69) is 36.2 Å². The van der Waals surface area contributed by atoms with Gasteiger partial charge in [-0.15, -0.1) is 10.2 Å². The fraction of sp³-hybridized carbons (Fsp3) is 0.500. The average Bonchev–Trinajstić information content (AvgIpc) is 2.97. The topological polar surface area (TPSA) is 64.9 Å². The zero-order valence-corrected chi connectivity index (χ0v) is 12.4. The molecule has 3 atom stereocenters. The first-order chi connectivity index (χ1) is 9.67. The van der Waals surface area contributed by atoms with Crippen molar-refractivity contribution in [2.24, 2.45) is 11.7 Å². The molecule has 1 heterocycles. The van der Waals surface area contributed by atoms with E-state index in [-0.39, 0.29) is 12.0 Å². The highest BCUT2D eigenvalue weighted by atomic mass is 16.4. The van der Waals surface area contributed by atoms with Gasteiger partial charge in [0.25, 0.3) is 0 Å². The fourth-order valence-corrected chi connectivity index (χ4v) is 2.31. The lowest BCUT2D eigenvalue weighted by molar-refractivity contribution is 0.361. The van der Waals surface area contributed by atoms with Crippen LogP contribution in [0.15, 0.2) is 34.7 Å². The van der Waals surface area contributed by atoms with E-state index in [1.54, 1.807) is 0 Å². The van der Waals surface area contributed by atoms with Crippen LogP contribution in [0.5, 0.6) is 0 Å². The molecular weight excluding hydrogens is 250 g/mol. The number of nitrogens with zero attached hydrogens (tertiary/aromatic N) is 2. The Morgan fingerprint density at radius 1 is 1.05 bits per heavy atom. The molecule has 1 aromatic carbocycles. The zero-order valence-electron chi connectivity index (χ0n) is 12.4. The van der Waals surface area contributed by atoms with Crippen molar-refractivity contribution in [1.29, 1.82) is 0 Å². The molecule has 0 aliphatic heterocycles. The Balaban J connectivity index is 2.35. The molecule has 2 aromatic rings. The van der Waals surface area contributed by atoms with Crippen LogP contribution < -0.4 is 5.73 Å². The van der Waals surface area contributed by atoms with Gasteiger partial charge in [-0.05, 0) is 17.9 Å². The quantitative estimate of drug-likeness (QED) is 0.872. The third kappa shape index (κ3) is 3.07. The summed E-state index contributed by atoms with van der Waals surface area (Å²) in [6.07, 6.45) is 1.85. The van der Waals surface area contributed by atoms with Crippen LogP contribution in [-0.2, 0) is 0 Å². The Kier molecular flexibility index (Phi) is 4.90. The summed E-state index contributed by atoms with van der Waals surface area (Å²) in [5, 5.41) is 8.34. The first-order valence-electron chi connectivity index (χ1n) is 7.31. The van der Waals surface area contributed by atoms with E-state index in [9.17, 15) is 0 Å². The van der Waals surface area contributed by atoms with E-state index in [0.29, 0.717) is 17.7 Å². The minimum absolute atomic E-state index is 0.131. The number of hydrogen-bond acceptors (Lipinski definition) is 4. The highest BCUT2D eigenvalue weighted by Gasteiger charge is 2.26. The van der Waals surface area contributed by atoms with Crippen molar-refractivity contribution < 1.29 is 4.42 Å². The summed E-state index contributed by atoms with van der Waals surface area (Å²) in [7, 11) is 0. The average molecular weight is 273 g/mol. The van der Waals surface area contributed by atoms with E-state index in [0.717, 1.165) is 12.8 Å². The second kappa shape index (κ2) is 6.66. The largest absolute Gasteiger partial charge is 0.423 e. The van der Waals surface area contributed by atoms with Gasteiger partial charge in [-0.3, -0.25) is 0 Å². The van der Waals surface area contributed by atoms with Crippen molar-refractivity contribution in [1.82, 2.24) is 10.2 Å². The van der Waals surface area contributed by atoms with Crippen molar-refractivity contribution in [3.63, 3.8) is 0 Å². The molecule has 4 heteroatoms. The van der Waals surface area contributed by atoms with Gasteiger partial charge in [0.05, 0.1) is 12.0 Å². The summed E-state index contributed by atoms with van der Waals surface area (Å²) < 4.78 is 5.83. The molecule has 108 valence electrons. The Labute approximate surface area is 120 Å². The molecule has 0 amide bonds. The summed E-state index contributed by atoms with van der Waals surface area (Å²) in [6, 6.07) is 10.1. The summed E-state index contributed by atoms with van der Waals surface area (Å²) >= 11 is 0. The van der Waals surface area contributed by atoms with Crippen LogP contribution in [0.1, 0.15) is 62.9 Å². The monoisotopic (exact) mass is 273 g/mol. The molecular formula is C16H23N3O. The third-order valence-electron chi connectivity index (χ3n) is 3.85. The number of nitrogens with two attached hydrogens (primary N) is 1. The standard InChI is InChI=1S/C16H23N3O/c1-4-11(3)14(12-9-7-6-8-10-12)16-19-18-15(20-16)13(17)5-2/h6-11,13-14H,4-5,17H2,1-3H3. The normalized spacial score (nSPS) is 15.8. The summed E-state index contributed by atoms with van der Waals surface area (Å²) in [5.41, 5.74) is 7.17. The smallest absolute Gasteiger partial charge is 0.233 e. The van der Waals surface area contributed by atoms with Crippen molar-refractivity contribution in [3.8, 4) is 0 Å². The lowest BCUT2D eigenvalue weighted by atomic mass is 9.85. The summed E-state index contributed by atoms with van der Waals surface area (Å²) in [5.74, 6) is 1.77. The van der Waals surface area contributed by atoms with Crippen LogP contribution in [0.4, 0.5) is 0 Å². The van der Waals surface area contributed by atoms with Crippen LogP contribution in [0, 0.1) is 5.92 Å². The van der Waals surface area contributed by atoms with E-state index >= 15 is 0 Å². The van der Waals surface area contributed by atoms with E-state index < -0.39 is 0 Å². The SMILES string of the molecule is CCC(N)c1nnc(C(c2ccccc2)C(C)CC)o1. The number of aromatic nitrogens is 2. The van der Waals surface area contributed by atoms with Gasteiger partial charge in [0.2, 0.25) is 11.8 Å². The van der Waals surface area contributed by atoms with Crippen molar-refractivity contribution in [2.45, 2.75) is 45.6 Å². The van der Waals surface area contributed by atoms with Gasteiger partial charge < -0.3 is 10.2 Å². The summed E-state index contributed by atoms with van der Waals surface area (Å²) in [6.45, 7) is 6.40. The minimum atomic E-state index is -0.176. The van der Waals surface area contributed by atoms with Gasteiger partial charge >= 0.3 is 0 Å². The maximum atomic E-state index is 5.96. The Hall–Kier alpha value is -1.68. The first kappa shape index (κ1) is 14.7. The Morgan fingerprint density at radius 3 is 2.30 bits per heavy atom. The second-order valence-electron chi connectivity index (χ2n) is 5.27. The van der Waals surface area contributed by atoms with E-state index in [1.165, 1.54) is 5.56 Å². The van der Waals surface area contributed by atoms with Gasteiger partial charge in [-0.25, -0.2) is 0 Å². The summed E-state index contributed by atoms with van der Waals surface area (Å²) in [4.78, 5) is 0. The molecule has 20 heavy (non-hydrogen) atoms. The molecule has 0 saturated heterocycles. The molecule has 0 spiro atoms. The second-order valence-corrected chi connectivity index (χ2v) is 5.27. The van der Waals surface area contributed by atoms with Crippen LogP contribution in [0.2, 0.25) is 0 Å². The highest BCUT2D eigenvalue weighted by Crippen LogP contribution is 2.33. The molecule has 0 saturated carbocycles. The van der Waals surface area contributed by atoms with E-state index in [4.69, 9.17) is 10.2 Å². The van der Waals surface area contributed by atoms with Crippen LogP contribution in [0.3, 0.4) is 0 Å². The van der Waals surface area contributed by atoms with E-state index in [1.807, 2.05) is 25.1 Å². The Bertz CT molecular complexity index is 524. The Morgan fingerprint density at radius 2 is 1.70 bits per heavy atom. The molecule has 2 rings (SSSR count).